The van der Waals surface area contributed by atoms with Gasteiger partial charge in [-0.3, -0.25) is 4.98 Å². The van der Waals surface area contributed by atoms with Crippen molar-refractivity contribution in [2.24, 2.45) is 0 Å². The maximum atomic E-state index is 6.13. The van der Waals surface area contributed by atoms with Crippen molar-refractivity contribution in [1.82, 2.24) is 15.0 Å². The molecule has 110 valence electrons. The maximum Gasteiger partial charge on any atom is 0.163 e. The molecule has 0 bridgehead atoms. The molecular weight excluding hydrogens is 316 g/mol. The van der Waals surface area contributed by atoms with E-state index in [0.29, 0.717) is 16.8 Å². The summed E-state index contributed by atoms with van der Waals surface area (Å²) in [5.74, 6) is 1.23. The Kier molecular flexibility index (Phi) is 4.56. The number of hydrogen-bond acceptors (Lipinski definition) is 5. The molecule has 3 rings (SSSR count). The molecule has 0 aliphatic heterocycles. The third-order valence-electron chi connectivity index (χ3n) is 3.00. The van der Waals surface area contributed by atoms with Gasteiger partial charge in [0, 0.05) is 28.9 Å². The van der Waals surface area contributed by atoms with Crippen LogP contribution in [0.15, 0.2) is 59.8 Å². The van der Waals surface area contributed by atoms with Crippen molar-refractivity contribution in [3.63, 3.8) is 0 Å². The van der Waals surface area contributed by atoms with Crippen molar-refractivity contribution in [3.8, 4) is 11.4 Å². The lowest BCUT2D eigenvalue weighted by Gasteiger charge is -2.11. The van der Waals surface area contributed by atoms with Gasteiger partial charge in [0.15, 0.2) is 5.82 Å². The van der Waals surface area contributed by atoms with E-state index in [2.05, 4.69) is 26.3 Å². The van der Waals surface area contributed by atoms with Crippen LogP contribution >= 0.6 is 23.4 Å². The molecule has 2 aromatic heterocycles. The summed E-state index contributed by atoms with van der Waals surface area (Å²) >= 11 is 7.80. The molecule has 0 fully saturated rings. The Labute approximate surface area is 138 Å². The minimum absolute atomic E-state index is 0.394. The number of aromatic nitrogens is 3. The van der Waals surface area contributed by atoms with E-state index >= 15 is 0 Å². The van der Waals surface area contributed by atoms with Crippen molar-refractivity contribution in [2.45, 2.75) is 4.90 Å². The minimum atomic E-state index is 0.394. The van der Waals surface area contributed by atoms with E-state index < -0.39 is 0 Å². The van der Waals surface area contributed by atoms with Gasteiger partial charge < -0.3 is 5.32 Å². The van der Waals surface area contributed by atoms with Crippen LogP contribution in [0.4, 0.5) is 11.5 Å². The summed E-state index contributed by atoms with van der Waals surface area (Å²) in [6.07, 6.45) is 5.45. The summed E-state index contributed by atoms with van der Waals surface area (Å²) in [6, 6.07) is 13.5. The Morgan fingerprint density at radius 3 is 2.59 bits per heavy atom. The van der Waals surface area contributed by atoms with Crippen molar-refractivity contribution < 1.29 is 0 Å². The summed E-state index contributed by atoms with van der Waals surface area (Å²) < 4.78 is 0. The van der Waals surface area contributed by atoms with E-state index in [9.17, 15) is 0 Å². The number of halogens is 1. The van der Waals surface area contributed by atoms with E-state index in [4.69, 9.17) is 11.6 Å². The van der Waals surface area contributed by atoms with E-state index in [-0.39, 0.29) is 0 Å². The fourth-order valence-electron chi connectivity index (χ4n) is 2.00. The lowest BCUT2D eigenvalue weighted by molar-refractivity contribution is 1.16. The molecule has 0 saturated carbocycles. The van der Waals surface area contributed by atoms with Crippen molar-refractivity contribution in [1.29, 1.82) is 0 Å². The highest BCUT2D eigenvalue weighted by Crippen LogP contribution is 2.28. The molecule has 0 radical (unpaired) electrons. The van der Waals surface area contributed by atoms with Gasteiger partial charge in [-0.2, -0.15) is 0 Å². The van der Waals surface area contributed by atoms with Crippen molar-refractivity contribution in [3.05, 3.63) is 60.0 Å². The van der Waals surface area contributed by atoms with Gasteiger partial charge in [0.05, 0.1) is 5.69 Å². The molecule has 1 N–H and O–H groups in total. The number of para-hydroxylation sites is 1. The quantitative estimate of drug-likeness (QED) is 0.557. The molecule has 0 amide bonds. The average Bonchev–Trinajstić information content (AvgIpc) is 2.56. The van der Waals surface area contributed by atoms with E-state index in [0.717, 1.165) is 16.1 Å². The average molecular weight is 329 g/mol. The second kappa shape index (κ2) is 6.77. The van der Waals surface area contributed by atoms with Gasteiger partial charge in [0.1, 0.15) is 11.0 Å². The molecule has 4 nitrogen and oxygen atoms in total. The number of thioether (sulfide) groups is 1. The Hall–Kier alpha value is -2.11. The summed E-state index contributed by atoms with van der Waals surface area (Å²) in [5, 5.41) is 3.70. The van der Waals surface area contributed by atoms with Crippen LogP contribution in [0.5, 0.6) is 0 Å². The van der Waals surface area contributed by atoms with Gasteiger partial charge in [0.25, 0.3) is 0 Å². The highest BCUT2D eigenvalue weighted by molar-refractivity contribution is 7.98. The molecule has 0 aliphatic rings. The van der Waals surface area contributed by atoms with Gasteiger partial charge in [-0.15, -0.1) is 11.8 Å². The van der Waals surface area contributed by atoms with Crippen LogP contribution in [-0.4, -0.2) is 21.2 Å². The number of nitrogens with zero attached hydrogens (tertiary/aromatic N) is 3. The highest BCUT2D eigenvalue weighted by atomic mass is 35.5. The normalized spacial score (nSPS) is 10.5. The summed E-state index contributed by atoms with van der Waals surface area (Å²) in [4.78, 5) is 13.9. The standard InChI is InChI=1S/C16H13ClN4S/c1-22-13-5-3-2-4-12(13)19-15-10-14(17)20-16(21-15)11-6-8-18-9-7-11/h2-10H,1H3,(H,19,20,21). The first-order chi connectivity index (χ1) is 10.8. The number of pyridine rings is 1. The van der Waals surface area contributed by atoms with Gasteiger partial charge in [-0.25, -0.2) is 9.97 Å². The lowest BCUT2D eigenvalue weighted by atomic mass is 10.2. The molecule has 1 aromatic carbocycles. The number of rotatable bonds is 4. The van der Waals surface area contributed by atoms with Gasteiger partial charge in [-0.1, -0.05) is 23.7 Å². The highest BCUT2D eigenvalue weighted by Gasteiger charge is 2.07. The topological polar surface area (TPSA) is 50.7 Å². The Morgan fingerprint density at radius 1 is 1.05 bits per heavy atom. The molecule has 0 atom stereocenters. The molecule has 0 unspecified atom stereocenters. The van der Waals surface area contributed by atoms with Gasteiger partial charge >= 0.3 is 0 Å². The van der Waals surface area contributed by atoms with Gasteiger partial charge in [0.2, 0.25) is 0 Å². The van der Waals surface area contributed by atoms with Crippen LogP contribution in [0.2, 0.25) is 5.15 Å². The predicted octanol–water partition coefficient (Wildman–Crippen LogP) is 4.66. The Balaban J connectivity index is 1.96. The van der Waals surface area contributed by atoms with Crippen LogP contribution < -0.4 is 5.32 Å². The fourth-order valence-corrected chi connectivity index (χ4v) is 2.73. The SMILES string of the molecule is CSc1ccccc1Nc1cc(Cl)nc(-c2ccncc2)n1. The third kappa shape index (κ3) is 3.37. The summed E-state index contributed by atoms with van der Waals surface area (Å²) in [7, 11) is 0. The largest absolute Gasteiger partial charge is 0.339 e. The number of anilines is 2. The Morgan fingerprint density at radius 2 is 1.82 bits per heavy atom. The minimum Gasteiger partial charge on any atom is -0.339 e. The van der Waals surface area contributed by atoms with Crippen LogP contribution in [0.25, 0.3) is 11.4 Å². The number of benzene rings is 1. The third-order valence-corrected chi connectivity index (χ3v) is 3.99. The molecule has 6 heteroatoms. The summed E-state index contributed by atoms with van der Waals surface area (Å²) in [5.41, 5.74) is 1.86. The second-order valence-corrected chi connectivity index (χ2v) is 5.70. The van der Waals surface area contributed by atoms with Crippen LogP contribution in [0, 0.1) is 0 Å². The molecule has 22 heavy (non-hydrogen) atoms. The number of nitrogens with one attached hydrogen (secondary N) is 1. The zero-order chi connectivity index (χ0) is 15.4. The number of hydrogen-bond donors (Lipinski definition) is 1. The predicted molar refractivity (Wildman–Crippen MR) is 91.8 cm³/mol. The van der Waals surface area contributed by atoms with E-state index in [1.165, 1.54) is 0 Å². The lowest BCUT2D eigenvalue weighted by Crippen LogP contribution is -1.98. The maximum absolute atomic E-state index is 6.13. The monoisotopic (exact) mass is 328 g/mol. The van der Waals surface area contributed by atoms with Crippen LogP contribution in [0.3, 0.4) is 0 Å². The zero-order valence-corrected chi connectivity index (χ0v) is 13.4. The van der Waals surface area contributed by atoms with E-state index in [1.807, 2.05) is 36.6 Å². The molecule has 2 heterocycles. The first-order valence-corrected chi connectivity index (χ1v) is 8.21. The molecular formula is C16H13ClN4S. The Bertz CT molecular complexity index is 780. The molecule has 0 aliphatic carbocycles. The zero-order valence-electron chi connectivity index (χ0n) is 11.8. The summed E-state index contributed by atoms with van der Waals surface area (Å²) in [6.45, 7) is 0. The molecule has 3 aromatic rings. The van der Waals surface area contributed by atoms with Crippen molar-refractivity contribution in [2.75, 3.05) is 11.6 Å². The smallest absolute Gasteiger partial charge is 0.163 e. The molecule has 0 saturated heterocycles. The first kappa shape index (κ1) is 14.8. The second-order valence-electron chi connectivity index (χ2n) is 4.46. The van der Waals surface area contributed by atoms with Crippen LogP contribution in [0.1, 0.15) is 0 Å². The first-order valence-electron chi connectivity index (χ1n) is 6.61. The fraction of sp³-hybridized carbons (Fsp3) is 0.0625. The molecule has 0 spiro atoms. The van der Waals surface area contributed by atoms with Crippen LogP contribution in [-0.2, 0) is 0 Å². The van der Waals surface area contributed by atoms with E-state index in [1.54, 1.807) is 30.2 Å². The van der Waals surface area contributed by atoms with Crippen molar-refractivity contribution >= 4 is 34.9 Å². The van der Waals surface area contributed by atoms with Gasteiger partial charge in [-0.05, 0) is 30.5 Å².